The third kappa shape index (κ3) is 3.97. The molecule has 1 rings (SSSR count). The second-order valence-corrected chi connectivity index (χ2v) is 4.51. The fourth-order valence-electron chi connectivity index (χ4n) is 1.62. The predicted octanol–water partition coefficient (Wildman–Crippen LogP) is 3.35. The summed E-state index contributed by atoms with van der Waals surface area (Å²) in [5, 5.41) is 12.1. The van der Waals surface area contributed by atoms with Crippen LogP contribution >= 0.6 is 0 Å². The van der Waals surface area contributed by atoms with Crippen molar-refractivity contribution in [2.75, 3.05) is 13.1 Å². The quantitative estimate of drug-likeness (QED) is 0.864. The zero-order chi connectivity index (χ0) is 13.5. The second kappa shape index (κ2) is 6.93. The van der Waals surface area contributed by atoms with E-state index in [2.05, 4.69) is 26.1 Å². The molecule has 0 amide bonds. The summed E-state index contributed by atoms with van der Waals surface area (Å²) in [4.78, 5) is 0. The third-order valence-corrected chi connectivity index (χ3v) is 2.78. The Bertz CT molecular complexity index is 470. The molecule has 18 heavy (non-hydrogen) atoms. The highest BCUT2D eigenvalue weighted by atomic mass is 19.1. The van der Waals surface area contributed by atoms with Crippen LogP contribution in [-0.4, -0.2) is 13.1 Å². The molecule has 0 radical (unpaired) electrons. The maximum atomic E-state index is 13.2. The van der Waals surface area contributed by atoms with Crippen molar-refractivity contribution in [3.05, 3.63) is 40.7 Å². The van der Waals surface area contributed by atoms with Crippen LogP contribution in [0.1, 0.15) is 31.9 Å². The van der Waals surface area contributed by atoms with E-state index < -0.39 is 5.82 Å². The summed E-state index contributed by atoms with van der Waals surface area (Å²) in [5.74, 6) is -0.0490. The van der Waals surface area contributed by atoms with Gasteiger partial charge in [-0.2, -0.15) is 5.26 Å². The molecule has 0 aliphatic rings. The van der Waals surface area contributed by atoms with E-state index in [-0.39, 0.29) is 5.56 Å². The van der Waals surface area contributed by atoms with Gasteiger partial charge in [0, 0.05) is 6.54 Å². The molecule has 0 spiro atoms. The number of rotatable bonds is 5. The van der Waals surface area contributed by atoms with Gasteiger partial charge in [0.25, 0.3) is 0 Å². The van der Waals surface area contributed by atoms with E-state index in [1.54, 1.807) is 12.1 Å². The minimum absolute atomic E-state index is 0.0929. The largest absolute Gasteiger partial charge is 0.313 e. The summed E-state index contributed by atoms with van der Waals surface area (Å²) >= 11 is 0. The lowest BCUT2D eigenvalue weighted by Crippen LogP contribution is -2.18. The molecule has 0 heterocycles. The van der Waals surface area contributed by atoms with Crippen LogP contribution in [0, 0.1) is 23.1 Å². The molecule has 0 aliphatic heterocycles. The Balaban J connectivity index is 3.01. The molecule has 0 aromatic heterocycles. The number of hydrogen-bond acceptors (Lipinski definition) is 2. The van der Waals surface area contributed by atoms with Crippen molar-refractivity contribution in [1.29, 1.82) is 5.26 Å². The monoisotopic (exact) mass is 246 g/mol. The summed E-state index contributed by atoms with van der Waals surface area (Å²) in [7, 11) is 0. The Hall–Kier alpha value is -1.66. The Kier molecular flexibility index (Phi) is 5.54. The van der Waals surface area contributed by atoms with E-state index >= 15 is 0 Å². The first-order chi connectivity index (χ1) is 8.58. The molecule has 1 aromatic carbocycles. The average Bonchev–Trinajstić information content (AvgIpc) is 2.36. The van der Waals surface area contributed by atoms with Crippen LogP contribution in [0.15, 0.2) is 23.8 Å². The van der Waals surface area contributed by atoms with E-state index in [0.29, 0.717) is 5.92 Å². The van der Waals surface area contributed by atoms with Gasteiger partial charge in [-0.1, -0.05) is 38.5 Å². The predicted molar refractivity (Wildman–Crippen MR) is 72.5 cm³/mol. The lowest BCUT2D eigenvalue weighted by Gasteiger charge is -2.12. The Labute approximate surface area is 108 Å². The van der Waals surface area contributed by atoms with Crippen LogP contribution in [-0.2, 0) is 0 Å². The van der Waals surface area contributed by atoms with Gasteiger partial charge in [-0.3, -0.25) is 0 Å². The maximum absolute atomic E-state index is 13.2. The van der Waals surface area contributed by atoms with Crippen molar-refractivity contribution in [2.45, 2.75) is 20.8 Å². The number of nitriles is 1. The first-order valence-electron chi connectivity index (χ1n) is 6.19. The van der Waals surface area contributed by atoms with E-state index in [0.717, 1.165) is 18.7 Å². The van der Waals surface area contributed by atoms with Crippen LogP contribution in [0.5, 0.6) is 0 Å². The van der Waals surface area contributed by atoms with Crippen molar-refractivity contribution >= 4 is 6.08 Å². The van der Waals surface area contributed by atoms with Crippen LogP contribution < -0.4 is 5.32 Å². The lowest BCUT2D eigenvalue weighted by molar-refractivity contribution is 0.624. The number of benzene rings is 1. The molecule has 0 fully saturated rings. The highest BCUT2D eigenvalue weighted by Crippen LogP contribution is 2.16. The number of nitrogens with zero attached hydrogens (tertiary/aromatic N) is 1. The van der Waals surface area contributed by atoms with Crippen molar-refractivity contribution in [1.82, 2.24) is 5.32 Å². The molecule has 0 unspecified atom stereocenters. The van der Waals surface area contributed by atoms with E-state index in [1.807, 2.05) is 12.1 Å². The van der Waals surface area contributed by atoms with Crippen molar-refractivity contribution in [3.8, 4) is 6.07 Å². The zero-order valence-corrected chi connectivity index (χ0v) is 11.1. The maximum Gasteiger partial charge on any atom is 0.140 e. The SMILES string of the molecule is CCNC/C(=C/c1ccc(F)c(C#N)c1)C(C)C. The number of nitrogens with one attached hydrogen (secondary N) is 1. The molecule has 0 bridgehead atoms. The van der Waals surface area contributed by atoms with Gasteiger partial charge in [0.2, 0.25) is 0 Å². The first kappa shape index (κ1) is 14.4. The molecule has 1 N–H and O–H groups in total. The smallest absolute Gasteiger partial charge is 0.140 e. The van der Waals surface area contributed by atoms with Gasteiger partial charge >= 0.3 is 0 Å². The fourth-order valence-corrected chi connectivity index (χ4v) is 1.62. The number of hydrogen-bond donors (Lipinski definition) is 1. The number of halogens is 1. The van der Waals surface area contributed by atoms with Gasteiger partial charge in [0.1, 0.15) is 11.9 Å². The fraction of sp³-hybridized carbons (Fsp3) is 0.400. The molecule has 0 saturated heterocycles. The normalized spacial score (nSPS) is 11.7. The lowest BCUT2D eigenvalue weighted by atomic mass is 9.99. The summed E-state index contributed by atoms with van der Waals surface area (Å²) in [6.07, 6.45) is 2.02. The topological polar surface area (TPSA) is 35.8 Å². The molecule has 2 nitrogen and oxygen atoms in total. The molecule has 3 heteroatoms. The first-order valence-corrected chi connectivity index (χ1v) is 6.19. The molecule has 96 valence electrons. The minimum Gasteiger partial charge on any atom is -0.313 e. The molecule has 0 saturated carbocycles. The van der Waals surface area contributed by atoms with Crippen LogP contribution in [0.3, 0.4) is 0 Å². The van der Waals surface area contributed by atoms with Crippen molar-refractivity contribution in [3.63, 3.8) is 0 Å². The molecular formula is C15H19FN2. The number of likely N-dealkylation sites (N-methyl/N-ethyl adjacent to an activating group) is 1. The van der Waals surface area contributed by atoms with Gasteiger partial charge in [0.05, 0.1) is 5.56 Å². The molecule has 0 aliphatic carbocycles. The summed E-state index contributed by atoms with van der Waals surface area (Å²) in [6, 6.07) is 6.49. The standard InChI is InChI=1S/C15H19FN2/c1-4-18-10-14(11(2)3)8-12-5-6-15(16)13(7-12)9-17/h5-8,11,18H,4,10H2,1-3H3/b14-8-. The third-order valence-electron chi connectivity index (χ3n) is 2.78. The van der Waals surface area contributed by atoms with Crippen LogP contribution in [0.25, 0.3) is 6.08 Å². The average molecular weight is 246 g/mol. The van der Waals surface area contributed by atoms with Gasteiger partial charge < -0.3 is 5.32 Å². The highest BCUT2D eigenvalue weighted by molar-refractivity contribution is 5.56. The van der Waals surface area contributed by atoms with E-state index in [9.17, 15) is 4.39 Å². The molecule has 1 aromatic rings. The van der Waals surface area contributed by atoms with Crippen molar-refractivity contribution in [2.24, 2.45) is 5.92 Å². The second-order valence-electron chi connectivity index (χ2n) is 4.51. The Morgan fingerprint density at radius 1 is 1.50 bits per heavy atom. The van der Waals surface area contributed by atoms with E-state index in [1.165, 1.54) is 11.6 Å². The van der Waals surface area contributed by atoms with Gasteiger partial charge in [0.15, 0.2) is 0 Å². The molecular weight excluding hydrogens is 227 g/mol. The Morgan fingerprint density at radius 3 is 2.78 bits per heavy atom. The highest BCUT2D eigenvalue weighted by Gasteiger charge is 2.05. The zero-order valence-electron chi connectivity index (χ0n) is 11.1. The van der Waals surface area contributed by atoms with Gasteiger partial charge in [-0.15, -0.1) is 0 Å². The Morgan fingerprint density at radius 2 is 2.22 bits per heavy atom. The van der Waals surface area contributed by atoms with Crippen molar-refractivity contribution < 1.29 is 4.39 Å². The molecule has 0 atom stereocenters. The summed E-state index contributed by atoms with van der Waals surface area (Å²) < 4.78 is 13.2. The van der Waals surface area contributed by atoms with E-state index in [4.69, 9.17) is 5.26 Å². The van der Waals surface area contributed by atoms with Crippen LogP contribution in [0.2, 0.25) is 0 Å². The summed E-state index contributed by atoms with van der Waals surface area (Å²) in [6.45, 7) is 8.03. The summed E-state index contributed by atoms with van der Waals surface area (Å²) in [5.41, 5.74) is 2.21. The van der Waals surface area contributed by atoms with Crippen LogP contribution in [0.4, 0.5) is 4.39 Å². The van der Waals surface area contributed by atoms with Gasteiger partial charge in [-0.25, -0.2) is 4.39 Å². The van der Waals surface area contributed by atoms with Gasteiger partial charge in [-0.05, 0) is 30.2 Å². The minimum atomic E-state index is -0.465.